The molecule has 17 heavy (non-hydrogen) atoms. The van der Waals surface area contributed by atoms with Gasteiger partial charge in [0.1, 0.15) is 12.1 Å². The number of nitrogen functional groups attached to an aromatic ring is 1. The van der Waals surface area contributed by atoms with Crippen LogP contribution < -0.4 is 10.5 Å². The monoisotopic (exact) mass is 243 g/mol. The molecule has 84 valence electrons. The topological polar surface area (TPSA) is 61.0 Å². The maximum Gasteiger partial charge on any atom is 0.298 e. The second-order valence-electron chi connectivity index (χ2n) is 3.51. The molecule has 3 rings (SSSR count). The molecule has 0 aliphatic rings. The van der Waals surface area contributed by atoms with E-state index in [1.54, 1.807) is 0 Å². The van der Waals surface area contributed by atoms with Crippen LogP contribution in [-0.4, -0.2) is 9.36 Å². The average molecular weight is 243 g/mol. The molecule has 0 fully saturated rings. The number of aromatic nitrogens is 2. The molecule has 3 aromatic rings. The van der Waals surface area contributed by atoms with Gasteiger partial charge in [-0.25, -0.2) is 0 Å². The molecule has 4 nitrogen and oxygen atoms in total. The first-order chi connectivity index (χ1) is 8.34. The number of benzene rings is 2. The predicted octanol–water partition coefficient (Wildman–Crippen LogP) is 3.07. The summed E-state index contributed by atoms with van der Waals surface area (Å²) in [5, 5.41) is 2.48. The second-order valence-corrected chi connectivity index (χ2v) is 4.25. The van der Waals surface area contributed by atoms with Crippen LogP contribution in [0.2, 0.25) is 0 Å². The summed E-state index contributed by atoms with van der Waals surface area (Å²) < 4.78 is 9.57. The highest BCUT2D eigenvalue weighted by Gasteiger charge is 2.07. The molecule has 0 unspecified atom stereocenters. The molecule has 0 saturated heterocycles. The first kappa shape index (κ1) is 10.0. The Kier molecular flexibility index (Phi) is 2.38. The molecule has 0 saturated carbocycles. The zero-order valence-electron chi connectivity index (χ0n) is 8.83. The summed E-state index contributed by atoms with van der Waals surface area (Å²) in [5.41, 5.74) is 6.66. The van der Waals surface area contributed by atoms with Gasteiger partial charge in [-0.05, 0) is 12.1 Å². The Morgan fingerprint density at radius 2 is 1.88 bits per heavy atom. The van der Waals surface area contributed by atoms with E-state index in [4.69, 9.17) is 10.5 Å². The smallest absolute Gasteiger partial charge is 0.298 e. The largest absolute Gasteiger partial charge is 0.429 e. The van der Waals surface area contributed by atoms with Crippen molar-refractivity contribution >= 4 is 28.0 Å². The van der Waals surface area contributed by atoms with E-state index in [1.807, 2.05) is 36.4 Å². The number of fused-ring (bicyclic) bond motifs is 1. The van der Waals surface area contributed by atoms with Gasteiger partial charge in [0.25, 0.3) is 5.19 Å². The van der Waals surface area contributed by atoms with Gasteiger partial charge in [-0.15, -0.1) is 0 Å². The fraction of sp³-hybridized carbons (Fsp3) is 0. The third kappa shape index (κ3) is 1.81. The molecule has 0 bridgehead atoms. The quantitative estimate of drug-likeness (QED) is 0.703. The van der Waals surface area contributed by atoms with Gasteiger partial charge >= 0.3 is 0 Å². The summed E-state index contributed by atoms with van der Waals surface area (Å²) in [5.74, 6) is 0.742. The zero-order chi connectivity index (χ0) is 11.7. The minimum Gasteiger partial charge on any atom is -0.429 e. The molecule has 2 aromatic carbocycles. The molecule has 0 spiro atoms. The van der Waals surface area contributed by atoms with Gasteiger partial charge in [0.2, 0.25) is 0 Å². The maximum absolute atomic E-state index is 5.92. The lowest BCUT2D eigenvalue weighted by Crippen LogP contribution is -1.90. The molecule has 1 heterocycles. The fourth-order valence-electron chi connectivity index (χ4n) is 1.69. The number of hydrogen-bond donors (Lipinski definition) is 1. The highest BCUT2D eigenvalue weighted by atomic mass is 32.1. The minimum absolute atomic E-state index is 0.528. The van der Waals surface area contributed by atoms with Crippen molar-refractivity contribution in [3.05, 3.63) is 42.7 Å². The molecule has 0 aliphatic carbocycles. The van der Waals surface area contributed by atoms with Crippen molar-refractivity contribution in [1.29, 1.82) is 0 Å². The van der Waals surface area contributed by atoms with Gasteiger partial charge in [-0.2, -0.15) is 9.36 Å². The molecule has 5 heteroatoms. The standard InChI is InChI=1S/C12H9N3OS/c13-10-5-6-11(16-12-14-7-15-17-12)9-4-2-1-3-8(9)10/h1-7H,13H2. The number of rotatable bonds is 2. The molecule has 0 atom stereocenters. The van der Waals surface area contributed by atoms with Gasteiger partial charge in [-0.3, -0.25) is 0 Å². The van der Waals surface area contributed by atoms with Crippen LogP contribution in [0.3, 0.4) is 0 Å². The van der Waals surface area contributed by atoms with Gasteiger partial charge in [0.05, 0.1) is 0 Å². The van der Waals surface area contributed by atoms with Crippen molar-refractivity contribution in [2.24, 2.45) is 0 Å². The van der Waals surface area contributed by atoms with E-state index in [-0.39, 0.29) is 0 Å². The summed E-state index contributed by atoms with van der Waals surface area (Å²) in [4.78, 5) is 3.99. The van der Waals surface area contributed by atoms with E-state index in [1.165, 1.54) is 17.9 Å². The number of anilines is 1. The maximum atomic E-state index is 5.92. The van der Waals surface area contributed by atoms with E-state index in [0.717, 1.165) is 22.2 Å². The molecular formula is C12H9N3OS. The Morgan fingerprint density at radius 3 is 2.65 bits per heavy atom. The van der Waals surface area contributed by atoms with Crippen LogP contribution in [0.5, 0.6) is 10.9 Å². The zero-order valence-corrected chi connectivity index (χ0v) is 9.65. The first-order valence-corrected chi connectivity index (χ1v) is 5.84. The average Bonchev–Trinajstić information content (AvgIpc) is 2.86. The van der Waals surface area contributed by atoms with Gasteiger partial charge in [0, 0.05) is 28.0 Å². The van der Waals surface area contributed by atoms with E-state index < -0.39 is 0 Å². The SMILES string of the molecule is Nc1ccc(Oc2ncns2)c2ccccc12. The van der Waals surface area contributed by atoms with Crippen molar-refractivity contribution in [2.75, 3.05) is 5.73 Å². The first-order valence-electron chi connectivity index (χ1n) is 5.06. The van der Waals surface area contributed by atoms with Crippen molar-refractivity contribution in [3.8, 4) is 10.9 Å². The van der Waals surface area contributed by atoms with Crippen LogP contribution in [0.25, 0.3) is 10.8 Å². The van der Waals surface area contributed by atoms with Crippen LogP contribution in [0.15, 0.2) is 42.7 Å². The minimum atomic E-state index is 0.528. The predicted molar refractivity (Wildman–Crippen MR) is 68.3 cm³/mol. The van der Waals surface area contributed by atoms with Crippen LogP contribution in [0, 0.1) is 0 Å². The number of nitrogens with zero attached hydrogens (tertiary/aromatic N) is 2. The Hall–Kier alpha value is -2.14. The van der Waals surface area contributed by atoms with Crippen molar-refractivity contribution in [2.45, 2.75) is 0 Å². The lowest BCUT2D eigenvalue weighted by atomic mass is 10.1. The van der Waals surface area contributed by atoms with Crippen LogP contribution in [0.1, 0.15) is 0 Å². The summed E-state index contributed by atoms with van der Waals surface area (Å²) in [7, 11) is 0. The Balaban J connectivity index is 2.14. The van der Waals surface area contributed by atoms with Crippen molar-refractivity contribution in [3.63, 3.8) is 0 Å². The Labute approximate surface area is 102 Å². The molecule has 1 aromatic heterocycles. The molecule has 0 radical (unpaired) electrons. The number of hydrogen-bond acceptors (Lipinski definition) is 5. The second kappa shape index (κ2) is 4.03. The molecule has 2 N–H and O–H groups in total. The van der Waals surface area contributed by atoms with E-state index in [0.29, 0.717) is 5.19 Å². The highest BCUT2D eigenvalue weighted by molar-refractivity contribution is 7.07. The Morgan fingerprint density at radius 1 is 1.06 bits per heavy atom. The molecule has 0 aliphatic heterocycles. The van der Waals surface area contributed by atoms with Crippen molar-refractivity contribution < 1.29 is 4.74 Å². The number of nitrogens with two attached hydrogens (primary N) is 1. The lowest BCUT2D eigenvalue weighted by molar-refractivity contribution is 0.484. The third-order valence-electron chi connectivity index (χ3n) is 2.46. The van der Waals surface area contributed by atoms with E-state index in [2.05, 4.69) is 9.36 Å². The van der Waals surface area contributed by atoms with Crippen molar-refractivity contribution in [1.82, 2.24) is 9.36 Å². The number of ether oxygens (including phenoxy) is 1. The van der Waals surface area contributed by atoms with Gasteiger partial charge in [-0.1, -0.05) is 24.3 Å². The summed E-state index contributed by atoms with van der Waals surface area (Å²) in [6, 6.07) is 11.5. The van der Waals surface area contributed by atoms with Crippen LogP contribution in [-0.2, 0) is 0 Å². The van der Waals surface area contributed by atoms with Crippen LogP contribution >= 0.6 is 11.5 Å². The fourth-order valence-corrected chi connectivity index (χ4v) is 2.09. The van der Waals surface area contributed by atoms with E-state index in [9.17, 15) is 0 Å². The summed E-state index contributed by atoms with van der Waals surface area (Å²) in [6.07, 6.45) is 1.47. The lowest BCUT2D eigenvalue weighted by Gasteiger charge is -2.07. The summed E-state index contributed by atoms with van der Waals surface area (Å²) >= 11 is 1.22. The van der Waals surface area contributed by atoms with E-state index >= 15 is 0 Å². The molecule has 0 amide bonds. The van der Waals surface area contributed by atoms with Crippen LogP contribution in [0.4, 0.5) is 5.69 Å². The van der Waals surface area contributed by atoms with Gasteiger partial charge in [0.15, 0.2) is 0 Å². The normalized spacial score (nSPS) is 10.6. The molecular weight excluding hydrogens is 234 g/mol. The summed E-state index contributed by atoms with van der Waals surface area (Å²) in [6.45, 7) is 0. The Bertz CT molecular complexity index is 652. The highest BCUT2D eigenvalue weighted by Crippen LogP contribution is 2.33. The third-order valence-corrected chi connectivity index (χ3v) is 3.00. The van der Waals surface area contributed by atoms with Gasteiger partial charge < -0.3 is 10.5 Å².